The SMILES string of the molecule is NOc1ccc(C2CC2)c(C2C(=O)CC3(CCOCC3)CC2=O)c1. The Labute approximate surface area is 141 Å². The van der Waals surface area contributed by atoms with Crippen LogP contribution in [0.25, 0.3) is 0 Å². The van der Waals surface area contributed by atoms with E-state index in [1.54, 1.807) is 6.07 Å². The van der Waals surface area contributed by atoms with E-state index in [0.29, 0.717) is 37.7 Å². The Balaban J connectivity index is 1.67. The highest BCUT2D eigenvalue weighted by molar-refractivity contribution is 6.10. The number of benzene rings is 1. The van der Waals surface area contributed by atoms with Crippen LogP contribution in [0.4, 0.5) is 0 Å². The summed E-state index contributed by atoms with van der Waals surface area (Å²) >= 11 is 0. The summed E-state index contributed by atoms with van der Waals surface area (Å²) in [4.78, 5) is 30.7. The van der Waals surface area contributed by atoms with Gasteiger partial charge in [-0.3, -0.25) is 9.59 Å². The van der Waals surface area contributed by atoms with Gasteiger partial charge in [0.25, 0.3) is 0 Å². The number of ketones is 2. The molecule has 2 aliphatic carbocycles. The van der Waals surface area contributed by atoms with Crippen molar-refractivity contribution in [1.82, 2.24) is 0 Å². The molecule has 1 aliphatic heterocycles. The van der Waals surface area contributed by atoms with Crippen LogP contribution in [0.2, 0.25) is 0 Å². The second kappa shape index (κ2) is 5.97. The summed E-state index contributed by atoms with van der Waals surface area (Å²) in [6.45, 7) is 1.30. The molecule has 2 saturated carbocycles. The lowest BCUT2D eigenvalue weighted by molar-refractivity contribution is -0.139. The lowest BCUT2D eigenvalue weighted by atomic mass is 9.63. The van der Waals surface area contributed by atoms with Gasteiger partial charge in [-0.15, -0.1) is 0 Å². The molecule has 24 heavy (non-hydrogen) atoms. The average Bonchev–Trinajstić information content (AvgIpc) is 3.39. The van der Waals surface area contributed by atoms with Crippen molar-refractivity contribution in [2.45, 2.75) is 50.4 Å². The highest BCUT2D eigenvalue weighted by Gasteiger charge is 2.47. The highest BCUT2D eigenvalue weighted by atomic mass is 16.6. The second-order valence-corrected chi connectivity index (χ2v) is 7.51. The summed E-state index contributed by atoms with van der Waals surface area (Å²) in [7, 11) is 0. The third-order valence-corrected chi connectivity index (χ3v) is 5.82. The maximum Gasteiger partial charge on any atom is 0.148 e. The summed E-state index contributed by atoms with van der Waals surface area (Å²) in [5, 5.41) is 0. The van der Waals surface area contributed by atoms with E-state index in [4.69, 9.17) is 15.5 Å². The maximum absolute atomic E-state index is 12.9. The molecule has 128 valence electrons. The van der Waals surface area contributed by atoms with Crippen LogP contribution < -0.4 is 10.7 Å². The minimum Gasteiger partial charge on any atom is -0.412 e. The molecule has 5 heteroatoms. The first-order valence-electron chi connectivity index (χ1n) is 8.76. The Hall–Kier alpha value is -1.72. The number of carbonyl (C=O) groups is 2. The number of rotatable bonds is 3. The van der Waals surface area contributed by atoms with E-state index in [-0.39, 0.29) is 17.0 Å². The fraction of sp³-hybridized carbons (Fsp3) is 0.579. The number of carbonyl (C=O) groups excluding carboxylic acids is 2. The molecule has 3 aliphatic rings. The predicted octanol–water partition coefficient (Wildman–Crippen LogP) is 2.63. The number of Topliss-reactive ketones (excluding diaryl/α,β-unsaturated/α-hetero) is 2. The smallest absolute Gasteiger partial charge is 0.148 e. The van der Waals surface area contributed by atoms with E-state index in [0.717, 1.165) is 36.8 Å². The highest BCUT2D eigenvalue weighted by Crippen LogP contribution is 2.49. The molecule has 1 heterocycles. The van der Waals surface area contributed by atoms with E-state index < -0.39 is 5.92 Å². The number of ether oxygens (including phenoxy) is 1. The zero-order valence-corrected chi connectivity index (χ0v) is 13.8. The van der Waals surface area contributed by atoms with E-state index in [1.807, 2.05) is 12.1 Å². The summed E-state index contributed by atoms with van der Waals surface area (Å²) in [6.07, 6.45) is 4.80. The van der Waals surface area contributed by atoms with Gasteiger partial charge < -0.3 is 9.57 Å². The molecule has 0 atom stereocenters. The fourth-order valence-corrected chi connectivity index (χ4v) is 4.33. The van der Waals surface area contributed by atoms with Crippen LogP contribution in [0.15, 0.2) is 18.2 Å². The molecule has 2 N–H and O–H groups in total. The number of nitrogens with two attached hydrogens (primary N) is 1. The molecule has 0 amide bonds. The van der Waals surface area contributed by atoms with Gasteiger partial charge in [0, 0.05) is 26.1 Å². The van der Waals surface area contributed by atoms with E-state index in [9.17, 15) is 9.59 Å². The first-order chi connectivity index (χ1) is 11.6. The topological polar surface area (TPSA) is 78.6 Å². The molecule has 1 saturated heterocycles. The third-order valence-electron chi connectivity index (χ3n) is 5.82. The molecule has 1 aromatic rings. The van der Waals surface area contributed by atoms with Gasteiger partial charge in [-0.1, -0.05) is 6.07 Å². The molecule has 5 nitrogen and oxygen atoms in total. The standard InChI is InChI=1S/C19H23NO4/c20-24-13-3-4-14(12-1-2-12)15(9-13)18-16(21)10-19(11-17(18)22)5-7-23-8-6-19/h3-4,9,12,18H,1-2,5-8,10-11,20H2. The molecule has 3 fully saturated rings. The Morgan fingerprint density at radius 3 is 2.29 bits per heavy atom. The Morgan fingerprint density at radius 1 is 1.04 bits per heavy atom. The van der Waals surface area contributed by atoms with Gasteiger partial charge in [0.1, 0.15) is 23.2 Å². The van der Waals surface area contributed by atoms with Gasteiger partial charge in [0.15, 0.2) is 0 Å². The van der Waals surface area contributed by atoms with Crippen LogP contribution in [-0.2, 0) is 14.3 Å². The van der Waals surface area contributed by atoms with Crippen LogP contribution in [0, 0.1) is 5.41 Å². The van der Waals surface area contributed by atoms with Gasteiger partial charge >= 0.3 is 0 Å². The minimum absolute atomic E-state index is 0.0456. The van der Waals surface area contributed by atoms with Crippen LogP contribution in [0.3, 0.4) is 0 Å². The second-order valence-electron chi connectivity index (χ2n) is 7.51. The van der Waals surface area contributed by atoms with Gasteiger partial charge in [-0.05, 0) is 60.3 Å². The van der Waals surface area contributed by atoms with E-state index in [2.05, 4.69) is 0 Å². The first kappa shape index (κ1) is 15.8. The molecule has 0 unspecified atom stereocenters. The van der Waals surface area contributed by atoms with Crippen LogP contribution in [0.1, 0.15) is 61.5 Å². The van der Waals surface area contributed by atoms with Crippen molar-refractivity contribution in [3.8, 4) is 5.75 Å². The Bertz CT molecular complexity index is 654. The maximum atomic E-state index is 12.9. The summed E-state index contributed by atoms with van der Waals surface area (Å²) in [5.74, 6) is 5.70. The van der Waals surface area contributed by atoms with E-state index >= 15 is 0 Å². The summed E-state index contributed by atoms with van der Waals surface area (Å²) in [5.41, 5.74) is 1.76. The monoisotopic (exact) mass is 329 g/mol. The van der Waals surface area contributed by atoms with E-state index in [1.165, 1.54) is 0 Å². The molecule has 0 aromatic heterocycles. The Kier molecular flexibility index (Phi) is 3.93. The molecule has 1 spiro atoms. The fourth-order valence-electron chi connectivity index (χ4n) is 4.33. The molecular formula is C19H23NO4. The number of hydrogen-bond acceptors (Lipinski definition) is 5. The lowest BCUT2D eigenvalue weighted by Gasteiger charge is -2.41. The van der Waals surface area contributed by atoms with Crippen molar-refractivity contribution in [1.29, 1.82) is 0 Å². The van der Waals surface area contributed by atoms with Gasteiger partial charge in [0.2, 0.25) is 0 Å². The van der Waals surface area contributed by atoms with Crippen LogP contribution in [-0.4, -0.2) is 24.8 Å². The Morgan fingerprint density at radius 2 is 1.71 bits per heavy atom. The zero-order valence-electron chi connectivity index (χ0n) is 13.8. The average molecular weight is 329 g/mol. The molecule has 4 rings (SSSR count). The van der Waals surface area contributed by atoms with Gasteiger partial charge in [-0.25, -0.2) is 0 Å². The largest absolute Gasteiger partial charge is 0.412 e. The normalized spacial score (nSPS) is 24.4. The lowest BCUT2D eigenvalue weighted by Crippen LogP contribution is -2.42. The molecular weight excluding hydrogens is 306 g/mol. The first-order valence-corrected chi connectivity index (χ1v) is 8.76. The van der Waals surface area contributed by atoms with Crippen molar-refractivity contribution in [3.05, 3.63) is 29.3 Å². The van der Waals surface area contributed by atoms with Crippen LogP contribution in [0.5, 0.6) is 5.75 Å². The molecule has 0 bridgehead atoms. The van der Waals surface area contributed by atoms with Crippen molar-refractivity contribution < 1.29 is 19.2 Å². The number of hydrogen-bond donors (Lipinski definition) is 1. The van der Waals surface area contributed by atoms with Crippen molar-refractivity contribution in [2.75, 3.05) is 13.2 Å². The van der Waals surface area contributed by atoms with Gasteiger partial charge in [-0.2, -0.15) is 5.90 Å². The quantitative estimate of drug-likeness (QED) is 0.681. The summed E-state index contributed by atoms with van der Waals surface area (Å²) < 4.78 is 5.42. The molecule has 1 aromatic carbocycles. The van der Waals surface area contributed by atoms with Gasteiger partial charge in [0.05, 0.1) is 0 Å². The minimum atomic E-state index is -0.649. The predicted molar refractivity (Wildman–Crippen MR) is 87.7 cm³/mol. The van der Waals surface area contributed by atoms with Crippen molar-refractivity contribution in [2.24, 2.45) is 11.3 Å². The summed E-state index contributed by atoms with van der Waals surface area (Å²) in [6, 6.07) is 5.57. The molecule has 0 radical (unpaired) electrons. The van der Waals surface area contributed by atoms with Crippen molar-refractivity contribution in [3.63, 3.8) is 0 Å². The zero-order chi connectivity index (χ0) is 16.7. The van der Waals surface area contributed by atoms with Crippen molar-refractivity contribution >= 4 is 11.6 Å². The van der Waals surface area contributed by atoms with Crippen LogP contribution >= 0.6 is 0 Å². The third kappa shape index (κ3) is 2.76.